The number of thiophene rings is 1. The average Bonchev–Trinajstić information content (AvgIpc) is 3.21. The molecule has 0 spiro atoms. The molecule has 9 heteroatoms. The lowest BCUT2D eigenvalue weighted by molar-refractivity contribution is -0.125. The molecule has 2 fully saturated rings. The molecule has 34 heavy (non-hydrogen) atoms. The highest BCUT2D eigenvalue weighted by molar-refractivity contribution is 7.17. The van der Waals surface area contributed by atoms with E-state index in [0.717, 1.165) is 87.7 Å². The van der Waals surface area contributed by atoms with Crippen molar-refractivity contribution in [3.8, 4) is 0 Å². The monoisotopic (exact) mass is 490 g/mol. The van der Waals surface area contributed by atoms with Crippen molar-refractivity contribution in [1.29, 1.82) is 0 Å². The van der Waals surface area contributed by atoms with E-state index in [1.54, 1.807) is 6.92 Å². The number of aryl methyl sites for hydroxylation is 1. The van der Waals surface area contributed by atoms with Gasteiger partial charge in [0.15, 0.2) is 0 Å². The van der Waals surface area contributed by atoms with E-state index in [1.807, 2.05) is 0 Å². The molecule has 3 amide bonds. The van der Waals surface area contributed by atoms with E-state index in [0.29, 0.717) is 10.6 Å². The number of amides is 3. The van der Waals surface area contributed by atoms with Crippen LogP contribution in [0.1, 0.15) is 85.5 Å². The van der Waals surface area contributed by atoms with Gasteiger partial charge in [-0.25, -0.2) is 9.59 Å². The molecular weight excluding hydrogens is 452 g/mol. The van der Waals surface area contributed by atoms with Crippen LogP contribution in [0.15, 0.2) is 0 Å². The second-order valence-electron chi connectivity index (χ2n) is 9.64. The fraction of sp³-hybridized carbons (Fsp3) is 0.720. The van der Waals surface area contributed by atoms with Crippen molar-refractivity contribution in [1.82, 2.24) is 16.0 Å². The maximum absolute atomic E-state index is 13.3. The van der Waals surface area contributed by atoms with Gasteiger partial charge in [-0.1, -0.05) is 19.3 Å². The summed E-state index contributed by atoms with van der Waals surface area (Å²) in [6.07, 6.45) is 11.0. The fourth-order valence-electron chi connectivity index (χ4n) is 5.47. The first-order valence-corrected chi connectivity index (χ1v) is 13.8. The van der Waals surface area contributed by atoms with Gasteiger partial charge in [-0.15, -0.1) is 11.3 Å². The second-order valence-corrected chi connectivity index (χ2v) is 10.7. The predicted octanol–water partition coefficient (Wildman–Crippen LogP) is 3.74. The summed E-state index contributed by atoms with van der Waals surface area (Å²) in [5.41, 5.74) is 1.50. The molecule has 1 aliphatic heterocycles. The minimum absolute atomic E-state index is 0.0802. The van der Waals surface area contributed by atoms with Crippen LogP contribution in [-0.2, 0) is 22.4 Å². The van der Waals surface area contributed by atoms with E-state index in [9.17, 15) is 14.4 Å². The van der Waals surface area contributed by atoms with E-state index in [-0.39, 0.29) is 30.4 Å². The molecule has 4 rings (SSSR count). The SMILES string of the molecule is CCOC(=O)c1c(NC(=O)NC(C(=O)NC2CCCCC2)C2CCNCC2)sc2c1CCCC2. The average molecular weight is 491 g/mol. The highest BCUT2D eigenvalue weighted by Gasteiger charge is 2.33. The zero-order valence-electron chi connectivity index (χ0n) is 20.2. The van der Waals surface area contributed by atoms with Gasteiger partial charge < -0.3 is 20.7 Å². The Kier molecular flexibility index (Phi) is 8.83. The summed E-state index contributed by atoms with van der Waals surface area (Å²) in [5.74, 6) is -0.399. The Morgan fingerprint density at radius 1 is 1.03 bits per heavy atom. The molecule has 2 heterocycles. The smallest absolute Gasteiger partial charge is 0.341 e. The van der Waals surface area contributed by atoms with Crippen LogP contribution in [0, 0.1) is 5.92 Å². The number of ether oxygens (including phenoxy) is 1. The summed E-state index contributed by atoms with van der Waals surface area (Å²) in [4.78, 5) is 40.3. The number of urea groups is 1. The third-order valence-corrected chi connectivity index (χ3v) is 8.46. The number of piperidine rings is 1. The quantitative estimate of drug-likeness (QED) is 0.436. The van der Waals surface area contributed by atoms with Gasteiger partial charge in [-0.3, -0.25) is 10.1 Å². The molecule has 3 aliphatic rings. The third kappa shape index (κ3) is 6.10. The molecule has 8 nitrogen and oxygen atoms in total. The Morgan fingerprint density at radius 2 is 1.76 bits per heavy atom. The van der Waals surface area contributed by atoms with E-state index >= 15 is 0 Å². The van der Waals surface area contributed by atoms with Gasteiger partial charge in [0.1, 0.15) is 11.0 Å². The van der Waals surface area contributed by atoms with Gasteiger partial charge >= 0.3 is 12.0 Å². The van der Waals surface area contributed by atoms with E-state index in [1.165, 1.54) is 17.8 Å². The number of carbonyl (C=O) groups excluding carboxylic acids is 3. The van der Waals surface area contributed by atoms with Crippen LogP contribution in [0.2, 0.25) is 0 Å². The normalized spacial score (nSPS) is 20.1. The van der Waals surface area contributed by atoms with Gasteiger partial charge in [-0.05, 0) is 82.9 Å². The van der Waals surface area contributed by atoms with Crippen LogP contribution < -0.4 is 21.3 Å². The van der Waals surface area contributed by atoms with E-state index < -0.39 is 12.1 Å². The Bertz CT molecular complexity index is 875. The molecule has 0 bridgehead atoms. The van der Waals surface area contributed by atoms with Crippen molar-refractivity contribution >= 4 is 34.2 Å². The highest BCUT2D eigenvalue weighted by atomic mass is 32.1. The first-order chi connectivity index (χ1) is 16.6. The van der Waals surface area contributed by atoms with Crippen molar-refractivity contribution in [2.24, 2.45) is 5.92 Å². The third-order valence-electron chi connectivity index (χ3n) is 7.25. The van der Waals surface area contributed by atoms with Gasteiger partial charge in [0, 0.05) is 10.9 Å². The zero-order valence-corrected chi connectivity index (χ0v) is 21.0. The molecule has 1 saturated heterocycles. The number of anilines is 1. The topological polar surface area (TPSA) is 109 Å². The summed E-state index contributed by atoms with van der Waals surface area (Å²) < 4.78 is 5.30. The van der Waals surface area contributed by atoms with Crippen molar-refractivity contribution in [2.45, 2.75) is 89.6 Å². The van der Waals surface area contributed by atoms with Gasteiger partial charge in [0.05, 0.1) is 12.2 Å². The van der Waals surface area contributed by atoms with Crippen LogP contribution >= 0.6 is 11.3 Å². The first-order valence-electron chi connectivity index (χ1n) is 13.0. The molecule has 0 aromatic carbocycles. The standard InChI is InChI=1S/C25H38N4O4S/c1-2-33-24(31)20-18-10-6-7-11-19(18)34-23(20)29-25(32)28-21(16-12-14-26-15-13-16)22(30)27-17-8-4-3-5-9-17/h16-17,21,26H,2-15H2,1H3,(H,27,30)(H2,28,29,32). The lowest BCUT2D eigenvalue weighted by Crippen LogP contribution is -2.55. The molecule has 188 valence electrons. The van der Waals surface area contributed by atoms with Crippen LogP contribution in [0.5, 0.6) is 0 Å². The van der Waals surface area contributed by atoms with Crippen LogP contribution in [0.3, 0.4) is 0 Å². The second kappa shape index (κ2) is 12.0. The Labute approximate surface area is 206 Å². The minimum atomic E-state index is -0.593. The Morgan fingerprint density at radius 3 is 2.50 bits per heavy atom. The molecule has 1 aromatic heterocycles. The summed E-state index contributed by atoms with van der Waals surface area (Å²) in [7, 11) is 0. The number of rotatable bonds is 7. The molecule has 1 aromatic rings. The minimum Gasteiger partial charge on any atom is -0.462 e. The maximum atomic E-state index is 13.3. The van der Waals surface area contributed by atoms with Gasteiger partial charge in [-0.2, -0.15) is 0 Å². The van der Waals surface area contributed by atoms with Crippen molar-refractivity contribution in [2.75, 3.05) is 25.0 Å². The molecule has 0 radical (unpaired) electrons. The Hall–Kier alpha value is -2.13. The van der Waals surface area contributed by atoms with Crippen molar-refractivity contribution in [3.63, 3.8) is 0 Å². The van der Waals surface area contributed by atoms with Crippen molar-refractivity contribution < 1.29 is 19.1 Å². The number of esters is 1. The molecule has 2 aliphatic carbocycles. The number of hydrogen-bond donors (Lipinski definition) is 4. The lowest BCUT2D eigenvalue weighted by Gasteiger charge is -2.32. The first kappa shape index (κ1) is 25.0. The molecule has 4 N–H and O–H groups in total. The summed E-state index contributed by atoms with van der Waals surface area (Å²) in [5, 5.41) is 12.9. The molecular formula is C25H38N4O4S. The molecule has 1 atom stereocenters. The van der Waals surface area contributed by atoms with Crippen molar-refractivity contribution in [3.05, 3.63) is 16.0 Å². The van der Waals surface area contributed by atoms with E-state index in [2.05, 4.69) is 21.3 Å². The number of fused-ring (bicyclic) bond motifs is 1. The number of nitrogens with one attached hydrogen (secondary N) is 4. The lowest BCUT2D eigenvalue weighted by atomic mass is 9.88. The van der Waals surface area contributed by atoms with Gasteiger partial charge in [0.25, 0.3) is 0 Å². The zero-order chi connectivity index (χ0) is 23.9. The summed E-state index contributed by atoms with van der Waals surface area (Å²) >= 11 is 1.46. The molecule has 1 saturated carbocycles. The van der Waals surface area contributed by atoms with Crippen LogP contribution in [0.4, 0.5) is 9.80 Å². The summed E-state index contributed by atoms with van der Waals surface area (Å²) in [6, 6.07) is -0.842. The predicted molar refractivity (Wildman–Crippen MR) is 133 cm³/mol. The number of carbonyl (C=O) groups is 3. The fourth-order valence-corrected chi connectivity index (χ4v) is 6.74. The Balaban J connectivity index is 1.48. The van der Waals surface area contributed by atoms with E-state index in [4.69, 9.17) is 4.74 Å². The number of hydrogen-bond acceptors (Lipinski definition) is 6. The van der Waals surface area contributed by atoms with Gasteiger partial charge in [0.2, 0.25) is 5.91 Å². The summed E-state index contributed by atoms with van der Waals surface area (Å²) in [6.45, 7) is 3.75. The van der Waals surface area contributed by atoms with Crippen LogP contribution in [-0.4, -0.2) is 49.7 Å². The molecule has 1 unspecified atom stereocenters. The van der Waals surface area contributed by atoms with Crippen LogP contribution in [0.25, 0.3) is 0 Å². The highest BCUT2D eigenvalue weighted by Crippen LogP contribution is 2.38. The largest absolute Gasteiger partial charge is 0.462 e. The maximum Gasteiger partial charge on any atom is 0.341 e.